The fraction of sp³-hybridized carbons (Fsp3) is 0.619. The lowest BCUT2D eigenvalue weighted by molar-refractivity contribution is -0.127. The monoisotopic (exact) mass is 375 g/mol. The van der Waals surface area contributed by atoms with E-state index in [2.05, 4.69) is 24.5 Å². The van der Waals surface area contributed by atoms with E-state index in [0.29, 0.717) is 30.5 Å². The van der Waals surface area contributed by atoms with Crippen molar-refractivity contribution in [1.82, 2.24) is 5.32 Å². The molecule has 1 heterocycles. The maximum Gasteiger partial charge on any atom is 0.319 e. The van der Waals surface area contributed by atoms with E-state index >= 15 is 0 Å². The maximum absolute atomic E-state index is 13.0. The molecule has 1 aliphatic heterocycles. The Kier molecular flexibility index (Phi) is 6.07. The molecular formula is C21H33N3O3. The fourth-order valence-electron chi connectivity index (χ4n) is 2.84. The zero-order valence-corrected chi connectivity index (χ0v) is 17.6. The summed E-state index contributed by atoms with van der Waals surface area (Å²) < 4.78 is 5.96. The third kappa shape index (κ3) is 5.62. The van der Waals surface area contributed by atoms with Gasteiger partial charge in [0.15, 0.2) is 0 Å². The van der Waals surface area contributed by atoms with Crippen molar-refractivity contribution < 1.29 is 14.3 Å². The van der Waals surface area contributed by atoms with Gasteiger partial charge in [-0.1, -0.05) is 13.8 Å². The number of nitrogens with one attached hydrogen (secondary N) is 2. The predicted octanol–water partition coefficient (Wildman–Crippen LogP) is 4.40. The van der Waals surface area contributed by atoms with Gasteiger partial charge in [0.25, 0.3) is 0 Å². The van der Waals surface area contributed by atoms with Gasteiger partial charge in [0.05, 0.1) is 11.1 Å². The molecule has 0 atom stereocenters. The molecule has 0 radical (unpaired) electrons. The molecular weight excluding hydrogens is 342 g/mol. The van der Waals surface area contributed by atoms with Crippen LogP contribution < -0.4 is 20.3 Å². The third-order valence-corrected chi connectivity index (χ3v) is 4.34. The third-order valence-electron chi connectivity index (χ3n) is 4.34. The molecule has 1 aromatic rings. The zero-order chi connectivity index (χ0) is 20.4. The molecule has 2 N–H and O–H groups in total. The maximum atomic E-state index is 13.0. The second-order valence-electron chi connectivity index (χ2n) is 9.32. The van der Waals surface area contributed by atoms with Crippen molar-refractivity contribution in [3.63, 3.8) is 0 Å². The van der Waals surface area contributed by atoms with Crippen LogP contribution in [-0.2, 0) is 4.79 Å². The van der Waals surface area contributed by atoms with Crippen LogP contribution >= 0.6 is 0 Å². The summed E-state index contributed by atoms with van der Waals surface area (Å²) in [6, 6.07) is 5.17. The Hall–Kier alpha value is -2.24. The zero-order valence-electron chi connectivity index (χ0n) is 17.6. The molecule has 0 fully saturated rings. The van der Waals surface area contributed by atoms with E-state index in [1.807, 2.05) is 45.6 Å². The molecule has 1 aliphatic rings. The van der Waals surface area contributed by atoms with Gasteiger partial charge >= 0.3 is 6.03 Å². The molecule has 27 heavy (non-hydrogen) atoms. The van der Waals surface area contributed by atoms with Crippen molar-refractivity contribution in [2.75, 3.05) is 23.4 Å². The van der Waals surface area contributed by atoms with Gasteiger partial charge in [0.2, 0.25) is 5.91 Å². The van der Waals surface area contributed by atoms with E-state index in [9.17, 15) is 9.59 Å². The number of carbonyl (C=O) groups is 2. The van der Waals surface area contributed by atoms with E-state index in [-0.39, 0.29) is 17.5 Å². The van der Waals surface area contributed by atoms with Crippen LogP contribution in [0.15, 0.2) is 18.2 Å². The summed E-state index contributed by atoms with van der Waals surface area (Å²) in [6.07, 6.45) is 0.912. The summed E-state index contributed by atoms with van der Waals surface area (Å²) in [5.74, 6) is 1.18. The summed E-state index contributed by atoms with van der Waals surface area (Å²) in [4.78, 5) is 27.0. The lowest BCUT2D eigenvalue weighted by atomic mass is 9.92. The minimum absolute atomic E-state index is 0.0630. The Morgan fingerprint density at radius 1 is 1.30 bits per heavy atom. The van der Waals surface area contributed by atoms with Gasteiger partial charge in [-0.3, -0.25) is 4.79 Å². The summed E-state index contributed by atoms with van der Waals surface area (Å²) in [5, 5.41) is 5.70. The Morgan fingerprint density at radius 2 is 1.96 bits per heavy atom. The van der Waals surface area contributed by atoms with Crippen LogP contribution in [0.1, 0.15) is 54.9 Å². The first-order valence-corrected chi connectivity index (χ1v) is 9.57. The highest BCUT2D eigenvalue weighted by Gasteiger charge is 2.37. The van der Waals surface area contributed by atoms with Crippen molar-refractivity contribution >= 4 is 23.3 Å². The highest BCUT2D eigenvalue weighted by molar-refractivity contribution is 6.00. The van der Waals surface area contributed by atoms with Crippen LogP contribution in [0.2, 0.25) is 0 Å². The fourth-order valence-corrected chi connectivity index (χ4v) is 2.84. The second kappa shape index (κ2) is 7.79. The number of hydrogen-bond donors (Lipinski definition) is 2. The first kappa shape index (κ1) is 21.1. The minimum atomic E-state index is -0.604. The SMILES string of the molecule is CC(C)CCN1C(=O)C(C)(C)COc2cc(NC(=O)NC(C)(C)C)ccc21. The normalized spacial score (nSPS) is 16.4. The van der Waals surface area contributed by atoms with Crippen LogP contribution in [0.4, 0.5) is 16.2 Å². The first-order valence-electron chi connectivity index (χ1n) is 9.57. The number of carbonyl (C=O) groups excluding carboxylic acids is 2. The van der Waals surface area contributed by atoms with Gasteiger partial charge in [0.1, 0.15) is 12.4 Å². The van der Waals surface area contributed by atoms with Gasteiger partial charge in [-0.05, 0) is 59.1 Å². The second-order valence-corrected chi connectivity index (χ2v) is 9.32. The molecule has 0 aromatic heterocycles. The largest absolute Gasteiger partial charge is 0.490 e. The van der Waals surface area contributed by atoms with Gasteiger partial charge in [0, 0.05) is 23.8 Å². The van der Waals surface area contributed by atoms with Crippen molar-refractivity contribution in [1.29, 1.82) is 0 Å². The molecule has 0 saturated carbocycles. The van der Waals surface area contributed by atoms with Crippen molar-refractivity contribution in [2.45, 2.75) is 60.4 Å². The van der Waals surface area contributed by atoms with Crippen molar-refractivity contribution in [3.05, 3.63) is 18.2 Å². The average molecular weight is 376 g/mol. The van der Waals surface area contributed by atoms with Crippen molar-refractivity contribution in [3.8, 4) is 5.75 Å². The van der Waals surface area contributed by atoms with Gasteiger partial charge in [-0.2, -0.15) is 0 Å². The first-order chi connectivity index (χ1) is 12.4. The molecule has 2 rings (SSSR count). The topological polar surface area (TPSA) is 70.7 Å². The summed E-state index contributed by atoms with van der Waals surface area (Å²) >= 11 is 0. The van der Waals surface area contributed by atoms with Gasteiger partial charge < -0.3 is 20.3 Å². The van der Waals surface area contributed by atoms with Gasteiger partial charge in [-0.15, -0.1) is 0 Å². The van der Waals surface area contributed by atoms with E-state index in [1.54, 1.807) is 12.1 Å². The standard InChI is InChI=1S/C21H33N3O3/c1-14(2)10-11-24-16-9-8-15(22-19(26)23-20(3,4)5)12-17(16)27-13-21(6,7)18(24)25/h8-9,12,14H,10-11,13H2,1-7H3,(H2,22,23,26). The number of nitrogens with zero attached hydrogens (tertiary/aromatic N) is 1. The molecule has 6 heteroatoms. The lowest BCUT2D eigenvalue weighted by Gasteiger charge is -2.28. The summed E-state index contributed by atoms with van der Waals surface area (Å²) in [5.41, 5.74) is 0.461. The number of rotatable bonds is 4. The number of amides is 3. The molecule has 1 aromatic carbocycles. The molecule has 0 aliphatic carbocycles. The van der Waals surface area contributed by atoms with Crippen LogP contribution in [0.25, 0.3) is 0 Å². The Balaban J connectivity index is 2.28. The lowest BCUT2D eigenvalue weighted by Crippen LogP contribution is -2.43. The molecule has 0 saturated heterocycles. The van der Waals surface area contributed by atoms with Crippen LogP contribution in [0.3, 0.4) is 0 Å². The minimum Gasteiger partial charge on any atom is -0.490 e. The Labute approximate surface area is 162 Å². The average Bonchev–Trinajstić information content (AvgIpc) is 2.60. The van der Waals surface area contributed by atoms with Gasteiger partial charge in [-0.25, -0.2) is 4.79 Å². The smallest absolute Gasteiger partial charge is 0.319 e. The number of fused-ring (bicyclic) bond motifs is 1. The summed E-state index contributed by atoms with van der Waals surface area (Å²) in [6.45, 7) is 14.8. The number of urea groups is 1. The Bertz CT molecular complexity index is 705. The number of ether oxygens (including phenoxy) is 1. The van der Waals surface area contributed by atoms with E-state index in [0.717, 1.165) is 12.1 Å². The quantitative estimate of drug-likeness (QED) is 0.819. The number of benzene rings is 1. The Morgan fingerprint density at radius 3 is 2.56 bits per heavy atom. The van der Waals surface area contributed by atoms with E-state index in [4.69, 9.17) is 4.74 Å². The summed E-state index contributed by atoms with van der Waals surface area (Å²) in [7, 11) is 0. The predicted molar refractivity (Wildman–Crippen MR) is 109 cm³/mol. The number of hydrogen-bond acceptors (Lipinski definition) is 3. The van der Waals surface area contributed by atoms with Crippen molar-refractivity contribution in [2.24, 2.45) is 11.3 Å². The van der Waals surface area contributed by atoms with E-state index < -0.39 is 5.41 Å². The molecule has 6 nitrogen and oxygen atoms in total. The molecule has 3 amide bonds. The van der Waals surface area contributed by atoms with Crippen LogP contribution in [0.5, 0.6) is 5.75 Å². The molecule has 0 unspecified atom stereocenters. The highest BCUT2D eigenvalue weighted by Crippen LogP contribution is 2.38. The molecule has 150 valence electrons. The molecule has 0 spiro atoms. The number of anilines is 2. The van der Waals surface area contributed by atoms with Crippen LogP contribution in [0, 0.1) is 11.3 Å². The molecule has 0 bridgehead atoms. The van der Waals surface area contributed by atoms with E-state index in [1.165, 1.54) is 0 Å². The highest BCUT2D eigenvalue weighted by atomic mass is 16.5. The van der Waals surface area contributed by atoms with Crippen LogP contribution in [-0.4, -0.2) is 30.6 Å².